The van der Waals surface area contributed by atoms with Crippen molar-refractivity contribution in [1.82, 2.24) is 4.98 Å². The van der Waals surface area contributed by atoms with Gasteiger partial charge in [0.2, 0.25) is 5.91 Å². The summed E-state index contributed by atoms with van der Waals surface area (Å²) >= 11 is 3.18. The summed E-state index contributed by atoms with van der Waals surface area (Å²) in [6, 6.07) is 1.32. The first kappa shape index (κ1) is 10.4. The molecule has 1 aliphatic rings. The van der Waals surface area contributed by atoms with Crippen LogP contribution < -0.4 is 10.6 Å². The van der Waals surface area contributed by atoms with Crippen LogP contribution in [0.15, 0.2) is 16.7 Å². The Kier molecular flexibility index (Phi) is 2.62. The number of aromatic hydroxyl groups is 1. The Balaban J connectivity index is 2.34. The average Bonchev–Trinajstić information content (AvgIpc) is 2.45. The molecule has 1 saturated heterocycles. The molecule has 6 heteroatoms. The summed E-state index contributed by atoms with van der Waals surface area (Å²) in [5.41, 5.74) is 5.65. The van der Waals surface area contributed by atoms with E-state index in [2.05, 4.69) is 20.9 Å². The maximum Gasteiger partial charge on any atom is 0.229 e. The molecular formula is C9H10BrN3O2. The van der Waals surface area contributed by atoms with Gasteiger partial charge < -0.3 is 10.8 Å². The third-order valence-electron chi connectivity index (χ3n) is 2.22. The molecule has 1 aromatic rings. The molecule has 0 aliphatic carbocycles. The zero-order valence-electron chi connectivity index (χ0n) is 7.85. The fourth-order valence-electron chi connectivity index (χ4n) is 1.57. The molecule has 1 aromatic heterocycles. The highest BCUT2D eigenvalue weighted by Crippen LogP contribution is 2.29. The number of carbonyl (C=O) groups excluding carboxylic acids is 1. The zero-order chi connectivity index (χ0) is 11.0. The maximum atomic E-state index is 11.5. The van der Waals surface area contributed by atoms with Crippen LogP contribution in [-0.2, 0) is 4.79 Å². The minimum Gasteiger partial charge on any atom is -0.504 e. The van der Waals surface area contributed by atoms with Gasteiger partial charge in [0.25, 0.3) is 0 Å². The number of aromatic nitrogens is 1. The largest absolute Gasteiger partial charge is 0.504 e. The molecule has 2 heterocycles. The second-order valence-corrected chi connectivity index (χ2v) is 4.38. The first-order valence-corrected chi connectivity index (χ1v) is 5.27. The minimum absolute atomic E-state index is 0.0215. The molecule has 0 bridgehead atoms. The maximum absolute atomic E-state index is 11.5. The van der Waals surface area contributed by atoms with Gasteiger partial charge in [0.1, 0.15) is 0 Å². The van der Waals surface area contributed by atoms with Gasteiger partial charge in [0.15, 0.2) is 11.6 Å². The van der Waals surface area contributed by atoms with Gasteiger partial charge in [-0.05, 0) is 22.0 Å². The van der Waals surface area contributed by atoms with Crippen molar-refractivity contribution in [3.63, 3.8) is 0 Å². The summed E-state index contributed by atoms with van der Waals surface area (Å²) < 4.78 is 0.666. The molecule has 1 unspecified atom stereocenters. The Labute approximate surface area is 95.0 Å². The van der Waals surface area contributed by atoms with Crippen molar-refractivity contribution < 1.29 is 9.90 Å². The van der Waals surface area contributed by atoms with Gasteiger partial charge >= 0.3 is 0 Å². The predicted octanol–water partition coefficient (Wildman–Crippen LogP) is 0.614. The van der Waals surface area contributed by atoms with Gasteiger partial charge in [-0.1, -0.05) is 0 Å². The standard InChI is InChI=1S/C9H10BrN3O2/c10-5-1-7(14)9(12-3-5)13-4-6(11)2-8(13)15/h1,3,6,14H,2,4,11H2. The number of hydrogen-bond donors (Lipinski definition) is 2. The van der Waals surface area contributed by atoms with E-state index >= 15 is 0 Å². The number of halogens is 1. The van der Waals surface area contributed by atoms with Crippen LogP contribution in [0.3, 0.4) is 0 Å². The first-order chi connectivity index (χ1) is 7.08. The van der Waals surface area contributed by atoms with Crippen LogP contribution >= 0.6 is 15.9 Å². The quantitative estimate of drug-likeness (QED) is 0.785. The number of pyridine rings is 1. The topological polar surface area (TPSA) is 79.5 Å². The third kappa shape index (κ3) is 1.95. The van der Waals surface area contributed by atoms with E-state index in [0.29, 0.717) is 17.4 Å². The summed E-state index contributed by atoms with van der Waals surface area (Å²) in [6.45, 7) is 0.404. The smallest absolute Gasteiger partial charge is 0.229 e. The highest BCUT2D eigenvalue weighted by molar-refractivity contribution is 9.10. The van der Waals surface area contributed by atoms with Crippen molar-refractivity contribution in [3.05, 3.63) is 16.7 Å². The molecule has 0 saturated carbocycles. The van der Waals surface area contributed by atoms with Gasteiger partial charge in [0, 0.05) is 29.7 Å². The Morgan fingerprint density at radius 1 is 1.67 bits per heavy atom. The van der Waals surface area contributed by atoms with Crippen LogP contribution in [-0.4, -0.2) is 28.6 Å². The van der Waals surface area contributed by atoms with Crippen molar-refractivity contribution in [2.24, 2.45) is 5.73 Å². The summed E-state index contributed by atoms with van der Waals surface area (Å²) in [6.07, 6.45) is 1.84. The molecule has 80 valence electrons. The van der Waals surface area contributed by atoms with E-state index in [-0.39, 0.29) is 23.5 Å². The Bertz CT molecular complexity index is 410. The number of amides is 1. The SMILES string of the molecule is NC1CC(=O)N(c2ncc(Br)cc2O)C1. The highest BCUT2D eigenvalue weighted by Gasteiger charge is 2.30. The van der Waals surface area contributed by atoms with Crippen LogP contribution in [0.2, 0.25) is 0 Å². The molecule has 1 amide bonds. The van der Waals surface area contributed by atoms with E-state index in [4.69, 9.17) is 5.73 Å². The summed E-state index contributed by atoms with van der Waals surface area (Å²) in [5, 5.41) is 9.63. The van der Waals surface area contributed by atoms with Crippen LogP contribution in [0.5, 0.6) is 5.75 Å². The number of carbonyl (C=O) groups is 1. The normalized spacial score (nSPS) is 21.1. The molecule has 1 aliphatic heterocycles. The number of nitrogens with two attached hydrogens (primary N) is 1. The summed E-state index contributed by atoms with van der Waals surface area (Å²) in [4.78, 5) is 16.9. The van der Waals surface area contributed by atoms with Gasteiger partial charge in [-0.2, -0.15) is 0 Å². The van der Waals surface area contributed by atoms with E-state index in [1.165, 1.54) is 17.2 Å². The van der Waals surface area contributed by atoms with Crippen molar-refractivity contribution in [1.29, 1.82) is 0 Å². The van der Waals surface area contributed by atoms with Crippen molar-refractivity contribution in [3.8, 4) is 5.75 Å². The lowest BCUT2D eigenvalue weighted by Gasteiger charge is -2.15. The number of hydrogen-bond acceptors (Lipinski definition) is 4. The number of anilines is 1. The van der Waals surface area contributed by atoms with Gasteiger partial charge in [-0.3, -0.25) is 9.69 Å². The molecule has 1 fully saturated rings. The minimum atomic E-state index is -0.178. The highest BCUT2D eigenvalue weighted by atomic mass is 79.9. The van der Waals surface area contributed by atoms with Crippen molar-refractivity contribution in [2.45, 2.75) is 12.5 Å². The summed E-state index contributed by atoms with van der Waals surface area (Å²) in [7, 11) is 0. The van der Waals surface area contributed by atoms with Crippen molar-refractivity contribution in [2.75, 3.05) is 11.4 Å². The van der Waals surface area contributed by atoms with Crippen LogP contribution in [0.25, 0.3) is 0 Å². The summed E-state index contributed by atoms with van der Waals surface area (Å²) in [5.74, 6) is 0.149. The molecule has 2 rings (SSSR count). The second-order valence-electron chi connectivity index (χ2n) is 3.46. The van der Waals surface area contributed by atoms with E-state index in [1.807, 2.05) is 0 Å². The van der Waals surface area contributed by atoms with Gasteiger partial charge in [-0.25, -0.2) is 4.98 Å². The molecular weight excluding hydrogens is 262 g/mol. The number of rotatable bonds is 1. The zero-order valence-corrected chi connectivity index (χ0v) is 9.44. The Morgan fingerprint density at radius 3 is 2.93 bits per heavy atom. The Hall–Kier alpha value is -1.14. The lowest BCUT2D eigenvalue weighted by molar-refractivity contribution is -0.117. The molecule has 1 atom stereocenters. The monoisotopic (exact) mass is 271 g/mol. The first-order valence-electron chi connectivity index (χ1n) is 4.48. The van der Waals surface area contributed by atoms with Gasteiger partial charge in [0.05, 0.1) is 0 Å². The molecule has 0 aromatic carbocycles. The van der Waals surface area contributed by atoms with E-state index < -0.39 is 0 Å². The van der Waals surface area contributed by atoms with E-state index in [0.717, 1.165) is 0 Å². The Morgan fingerprint density at radius 2 is 2.40 bits per heavy atom. The predicted molar refractivity (Wildman–Crippen MR) is 58.5 cm³/mol. The lowest BCUT2D eigenvalue weighted by atomic mass is 10.3. The number of nitrogens with zero attached hydrogens (tertiary/aromatic N) is 2. The molecule has 3 N–H and O–H groups in total. The molecule has 0 radical (unpaired) electrons. The second kappa shape index (κ2) is 3.79. The van der Waals surface area contributed by atoms with E-state index in [1.54, 1.807) is 0 Å². The molecule has 5 nitrogen and oxygen atoms in total. The van der Waals surface area contributed by atoms with Crippen LogP contribution in [0, 0.1) is 0 Å². The third-order valence-corrected chi connectivity index (χ3v) is 2.66. The van der Waals surface area contributed by atoms with E-state index in [9.17, 15) is 9.90 Å². The molecule has 15 heavy (non-hydrogen) atoms. The van der Waals surface area contributed by atoms with Crippen molar-refractivity contribution >= 4 is 27.7 Å². The van der Waals surface area contributed by atoms with Crippen LogP contribution in [0.1, 0.15) is 6.42 Å². The fraction of sp³-hybridized carbons (Fsp3) is 0.333. The average molecular weight is 272 g/mol. The lowest BCUT2D eigenvalue weighted by Crippen LogP contribution is -2.28. The fourth-order valence-corrected chi connectivity index (χ4v) is 1.89. The molecule has 0 spiro atoms. The van der Waals surface area contributed by atoms with Crippen LogP contribution in [0.4, 0.5) is 5.82 Å². The van der Waals surface area contributed by atoms with Gasteiger partial charge in [-0.15, -0.1) is 0 Å².